The van der Waals surface area contributed by atoms with Crippen LogP contribution in [-0.2, 0) is 6.54 Å². The Morgan fingerprint density at radius 3 is 2.55 bits per heavy atom. The molecular formula is C14H18N4O2. The quantitative estimate of drug-likeness (QED) is 0.902. The topological polar surface area (TPSA) is 71.1 Å². The van der Waals surface area contributed by atoms with Gasteiger partial charge in [-0.3, -0.25) is 9.89 Å². The van der Waals surface area contributed by atoms with Crippen LogP contribution >= 0.6 is 0 Å². The van der Waals surface area contributed by atoms with Crippen molar-refractivity contribution >= 4 is 5.91 Å². The first kappa shape index (κ1) is 14.0. The number of hydrogen-bond acceptors (Lipinski definition) is 4. The number of hydrogen-bond donors (Lipinski definition) is 1. The molecule has 1 heterocycles. The number of H-pyrrole nitrogens is 1. The Hall–Kier alpha value is -2.37. The van der Waals surface area contributed by atoms with Crippen LogP contribution in [0.4, 0.5) is 0 Å². The maximum Gasteiger partial charge on any atom is 0.293 e. The molecule has 20 heavy (non-hydrogen) atoms. The van der Waals surface area contributed by atoms with Gasteiger partial charge in [-0.25, -0.2) is 4.98 Å². The summed E-state index contributed by atoms with van der Waals surface area (Å²) in [7, 11) is 1.63. The van der Waals surface area contributed by atoms with Crippen LogP contribution in [0.1, 0.15) is 28.9 Å². The van der Waals surface area contributed by atoms with E-state index in [1.165, 1.54) is 0 Å². The normalized spacial score (nSPS) is 10.3. The minimum Gasteiger partial charge on any atom is -0.497 e. The average molecular weight is 274 g/mol. The highest BCUT2D eigenvalue weighted by atomic mass is 16.5. The molecule has 6 nitrogen and oxygen atoms in total. The predicted octanol–water partition coefficient (Wildman–Crippen LogP) is 1.78. The summed E-state index contributed by atoms with van der Waals surface area (Å²) < 4.78 is 5.12. The molecule has 2 aromatic rings. The van der Waals surface area contributed by atoms with Crippen LogP contribution in [-0.4, -0.2) is 39.6 Å². The van der Waals surface area contributed by atoms with Crippen molar-refractivity contribution in [3.8, 4) is 5.75 Å². The van der Waals surface area contributed by atoms with Crippen LogP contribution in [0.15, 0.2) is 24.3 Å². The highest BCUT2D eigenvalue weighted by molar-refractivity contribution is 5.90. The molecule has 0 saturated carbocycles. The fourth-order valence-electron chi connectivity index (χ4n) is 1.86. The summed E-state index contributed by atoms with van der Waals surface area (Å²) in [5.41, 5.74) is 1.04. The molecule has 0 fully saturated rings. The lowest BCUT2D eigenvalue weighted by molar-refractivity contribution is 0.0740. The zero-order valence-corrected chi connectivity index (χ0v) is 11.9. The van der Waals surface area contributed by atoms with Gasteiger partial charge in [0, 0.05) is 13.1 Å². The van der Waals surface area contributed by atoms with Crippen molar-refractivity contribution in [3.05, 3.63) is 41.5 Å². The van der Waals surface area contributed by atoms with Gasteiger partial charge in [-0.15, -0.1) is 5.10 Å². The molecule has 0 spiro atoms. The number of amides is 1. The molecule has 0 radical (unpaired) electrons. The Morgan fingerprint density at radius 2 is 2.05 bits per heavy atom. The second-order valence-corrected chi connectivity index (χ2v) is 4.41. The maximum absolute atomic E-state index is 12.3. The summed E-state index contributed by atoms with van der Waals surface area (Å²) in [5, 5.41) is 6.59. The van der Waals surface area contributed by atoms with Gasteiger partial charge in [0.15, 0.2) is 0 Å². The van der Waals surface area contributed by atoms with Gasteiger partial charge in [0.2, 0.25) is 5.82 Å². The molecule has 1 aromatic carbocycles. The Morgan fingerprint density at radius 1 is 1.35 bits per heavy atom. The molecule has 0 aliphatic rings. The summed E-state index contributed by atoms with van der Waals surface area (Å²) >= 11 is 0. The predicted molar refractivity (Wildman–Crippen MR) is 74.5 cm³/mol. The van der Waals surface area contributed by atoms with Crippen LogP contribution in [0.3, 0.4) is 0 Å². The smallest absolute Gasteiger partial charge is 0.293 e. The van der Waals surface area contributed by atoms with Crippen molar-refractivity contribution in [2.45, 2.75) is 20.4 Å². The monoisotopic (exact) mass is 274 g/mol. The lowest BCUT2D eigenvalue weighted by atomic mass is 10.2. The SMILES string of the molecule is CCN(Cc1ccc(OC)cc1)C(=O)c1n[nH]c(C)n1. The molecule has 0 aliphatic heterocycles. The Bertz CT molecular complexity index is 577. The summed E-state index contributed by atoms with van der Waals surface area (Å²) in [5.74, 6) is 1.46. The number of nitrogens with one attached hydrogen (secondary N) is 1. The number of aromatic nitrogens is 3. The average Bonchev–Trinajstić information content (AvgIpc) is 2.91. The molecule has 1 amide bonds. The minimum atomic E-state index is -0.173. The summed E-state index contributed by atoms with van der Waals surface area (Å²) in [6, 6.07) is 7.64. The summed E-state index contributed by atoms with van der Waals surface area (Å²) in [6.45, 7) is 4.82. The van der Waals surface area contributed by atoms with Crippen molar-refractivity contribution < 1.29 is 9.53 Å². The number of aromatic amines is 1. The minimum absolute atomic E-state index is 0.173. The standard InChI is InChI=1S/C14H18N4O2/c1-4-18(14(19)13-15-10(2)16-17-13)9-11-5-7-12(20-3)8-6-11/h5-8H,4,9H2,1-3H3,(H,15,16,17). The molecule has 1 N–H and O–H groups in total. The van der Waals surface area contributed by atoms with Gasteiger partial charge in [-0.05, 0) is 31.5 Å². The molecule has 0 bridgehead atoms. The molecule has 0 aliphatic carbocycles. The van der Waals surface area contributed by atoms with Crippen molar-refractivity contribution in [1.82, 2.24) is 20.1 Å². The Kier molecular flexibility index (Phi) is 4.34. The van der Waals surface area contributed by atoms with E-state index in [0.717, 1.165) is 11.3 Å². The number of nitrogens with zero attached hydrogens (tertiary/aromatic N) is 3. The molecule has 0 atom stereocenters. The number of ether oxygens (including phenoxy) is 1. The van der Waals surface area contributed by atoms with Crippen molar-refractivity contribution in [2.24, 2.45) is 0 Å². The molecule has 0 saturated heterocycles. The van der Waals surface area contributed by atoms with Crippen LogP contribution in [0.2, 0.25) is 0 Å². The number of carbonyl (C=O) groups excluding carboxylic acids is 1. The lowest BCUT2D eigenvalue weighted by Gasteiger charge is -2.19. The fraction of sp³-hybridized carbons (Fsp3) is 0.357. The second-order valence-electron chi connectivity index (χ2n) is 4.41. The van der Waals surface area contributed by atoms with Gasteiger partial charge in [0.1, 0.15) is 11.6 Å². The van der Waals surface area contributed by atoms with Crippen molar-refractivity contribution in [2.75, 3.05) is 13.7 Å². The van der Waals surface area contributed by atoms with Gasteiger partial charge < -0.3 is 9.64 Å². The van der Waals surface area contributed by atoms with E-state index in [1.54, 1.807) is 18.9 Å². The fourth-order valence-corrected chi connectivity index (χ4v) is 1.86. The highest BCUT2D eigenvalue weighted by Crippen LogP contribution is 2.13. The van der Waals surface area contributed by atoms with E-state index in [-0.39, 0.29) is 11.7 Å². The van der Waals surface area contributed by atoms with Crippen LogP contribution in [0.25, 0.3) is 0 Å². The first-order valence-electron chi connectivity index (χ1n) is 6.45. The summed E-state index contributed by atoms with van der Waals surface area (Å²) in [6.07, 6.45) is 0. The van der Waals surface area contributed by atoms with Crippen LogP contribution < -0.4 is 4.74 Å². The Balaban J connectivity index is 2.09. The maximum atomic E-state index is 12.3. The Labute approximate surface area is 117 Å². The molecule has 0 unspecified atom stereocenters. The van der Waals surface area contributed by atoms with E-state index in [0.29, 0.717) is 18.9 Å². The van der Waals surface area contributed by atoms with Crippen molar-refractivity contribution in [3.63, 3.8) is 0 Å². The second kappa shape index (κ2) is 6.18. The molecule has 2 rings (SSSR count). The van der Waals surface area contributed by atoms with E-state index in [4.69, 9.17) is 4.74 Å². The largest absolute Gasteiger partial charge is 0.497 e. The third-order valence-corrected chi connectivity index (χ3v) is 2.99. The van der Waals surface area contributed by atoms with Crippen LogP contribution in [0.5, 0.6) is 5.75 Å². The molecular weight excluding hydrogens is 256 g/mol. The number of benzene rings is 1. The van der Waals surface area contributed by atoms with E-state index in [1.807, 2.05) is 31.2 Å². The molecule has 106 valence electrons. The van der Waals surface area contributed by atoms with Gasteiger partial charge in [0.25, 0.3) is 5.91 Å². The van der Waals surface area contributed by atoms with Crippen LogP contribution in [0, 0.1) is 6.92 Å². The highest BCUT2D eigenvalue weighted by Gasteiger charge is 2.18. The third kappa shape index (κ3) is 3.14. The first-order chi connectivity index (χ1) is 9.63. The lowest BCUT2D eigenvalue weighted by Crippen LogP contribution is -2.31. The van der Waals surface area contributed by atoms with Gasteiger partial charge in [0.05, 0.1) is 7.11 Å². The van der Waals surface area contributed by atoms with E-state index in [2.05, 4.69) is 15.2 Å². The number of carbonyl (C=O) groups is 1. The molecule has 6 heteroatoms. The van der Waals surface area contributed by atoms with E-state index >= 15 is 0 Å². The zero-order chi connectivity index (χ0) is 14.5. The van der Waals surface area contributed by atoms with Gasteiger partial charge in [-0.1, -0.05) is 12.1 Å². The van der Waals surface area contributed by atoms with Gasteiger partial charge in [-0.2, -0.15) is 0 Å². The molecule has 1 aromatic heterocycles. The van der Waals surface area contributed by atoms with Crippen molar-refractivity contribution in [1.29, 1.82) is 0 Å². The van der Waals surface area contributed by atoms with Gasteiger partial charge >= 0.3 is 0 Å². The number of rotatable bonds is 5. The number of aryl methyl sites for hydroxylation is 1. The zero-order valence-electron chi connectivity index (χ0n) is 11.9. The van der Waals surface area contributed by atoms with E-state index < -0.39 is 0 Å². The van der Waals surface area contributed by atoms with E-state index in [9.17, 15) is 4.79 Å². The summed E-state index contributed by atoms with van der Waals surface area (Å²) in [4.78, 5) is 18.0. The number of methoxy groups -OCH3 is 1. The third-order valence-electron chi connectivity index (χ3n) is 2.99. The first-order valence-corrected chi connectivity index (χ1v) is 6.45.